The predicted octanol–water partition coefficient (Wildman–Crippen LogP) is 5.58. The number of alkyl halides is 1. The summed E-state index contributed by atoms with van der Waals surface area (Å²) in [5.41, 5.74) is 1.51. The van der Waals surface area contributed by atoms with Gasteiger partial charge in [-0.1, -0.05) is 39.7 Å². The summed E-state index contributed by atoms with van der Waals surface area (Å²) >= 11 is 15.9. The molecule has 0 aliphatic heterocycles. The number of methoxy groups -OCH3 is 1. The van der Waals surface area contributed by atoms with E-state index in [-0.39, 0.29) is 5.82 Å². The minimum Gasteiger partial charge on any atom is -0.497 e. The summed E-state index contributed by atoms with van der Waals surface area (Å²) in [6, 6.07) is 9.67. The summed E-state index contributed by atoms with van der Waals surface area (Å²) in [4.78, 5) is 0. The molecule has 0 heterocycles. The van der Waals surface area contributed by atoms with E-state index in [2.05, 4.69) is 15.9 Å². The highest BCUT2D eigenvalue weighted by Crippen LogP contribution is 2.38. The van der Waals surface area contributed by atoms with Gasteiger partial charge in [0.05, 0.1) is 12.5 Å². The van der Waals surface area contributed by atoms with Gasteiger partial charge < -0.3 is 4.74 Å². The number of benzene rings is 2. The zero-order valence-electron chi connectivity index (χ0n) is 9.96. The molecule has 5 heteroatoms. The molecule has 0 saturated heterocycles. The van der Waals surface area contributed by atoms with Crippen LogP contribution in [0.1, 0.15) is 16.5 Å². The number of ether oxygens (including phenoxy) is 1. The average Bonchev–Trinajstić information content (AvgIpc) is 2.37. The van der Waals surface area contributed by atoms with Gasteiger partial charge in [-0.3, -0.25) is 0 Å². The summed E-state index contributed by atoms with van der Waals surface area (Å²) in [6.07, 6.45) is 0. The van der Waals surface area contributed by atoms with Crippen molar-refractivity contribution in [1.82, 2.24) is 0 Å². The van der Waals surface area contributed by atoms with E-state index < -0.39 is 5.38 Å². The minimum atomic E-state index is -0.464. The summed E-state index contributed by atoms with van der Waals surface area (Å²) < 4.78 is 19.0. The summed E-state index contributed by atoms with van der Waals surface area (Å²) in [5, 5.41) is -0.156. The zero-order chi connectivity index (χ0) is 14.0. The molecule has 2 aromatic rings. The number of hydrogen-bond acceptors (Lipinski definition) is 1. The van der Waals surface area contributed by atoms with Crippen LogP contribution in [0.3, 0.4) is 0 Å². The quantitative estimate of drug-likeness (QED) is 0.647. The van der Waals surface area contributed by atoms with Crippen molar-refractivity contribution in [1.29, 1.82) is 0 Å². The zero-order valence-corrected chi connectivity index (χ0v) is 13.1. The van der Waals surface area contributed by atoms with E-state index in [1.54, 1.807) is 13.2 Å². The van der Waals surface area contributed by atoms with Crippen LogP contribution in [0.25, 0.3) is 0 Å². The Balaban J connectivity index is 2.41. The second kappa shape index (κ2) is 6.12. The molecule has 1 atom stereocenters. The van der Waals surface area contributed by atoms with Gasteiger partial charge >= 0.3 is 0 Å². The van der Waals surface area contributed by atoms with Crippen LogP contribution in [0, 0.1) is 5.82 Å². The van der Waals surface area contributed by atoms with Crippen molar-refractivity contribution < 1.29 is 9.13 Å². The first kappa shape index (κ1) is 14.6. The van der Waals surface area contributed by atoms with Crippen LogP contribution in [0.15, 0.2) is 40.9 Å². The van der Waals surface area contributed by atoms with Gasteiger partial charge in [-0.05, 0) is 35.4 Å². The fourth-order valence-corrected chi connectivity index (χ4v) is 3.15. The Morgan fingerprint density at radius 2 is 1.84 bits per heavy atom. The molecule has 0 fully saturated rings. The number of halogens is 4. The van der Waals surface area contributed by atoms with E-state index in [4.69, 9.17) is 27.9 Å². The molecule has 0 radical (unpaired) electrons. The van der Waals surface area contributed by atoms with Crippen molar-refractivity contribution in [3.8, 4) is 5.75 Å². The van der Waals surface area contributed by atoms with Gasteiger partial charge in [0.15, 0.2) is 0 Å². The van der Waals surface area contributed by atoms with Crippen LogP contribution >= 0.6 is 39.1 Å². The van der Waals surface area contributed by atoms with Gasteiger partial charge in [0.25, 0.3) is 0 Å². The first-order valence-corrected chi connectivity index (χ1v) is 7.06. The van der Waals surface area contributed by atoms with Gasteiger partial charge in [0, 0.05) is 9.50 Å². The van der Waals surface area contributed by atoms with Crippen molar-refractivity contribution >= 4 is 39.1 Å². The second-order valence-corrected chi connectivity index (χ2v) is 5.61. The average molecular weight is 364 g/mol. The Bertz CT molecular complexity index is 604. The van der Waals surface area contributed by atoms with E-state index in [9.17, 15) is 4.39 Å². The molecule has 0 bridgehead atoms. The fourth-order valence-electron chi connectivity index (χ4n) is 1.71. The molecular formula is C14H10BrCl2FO. The number of rotatable bonds is 3. The lowest BCUT2D eigenvalue weighted by atomic mass is 10.0. The van der Waals surface area contributed by atoms with Crippen molar-refractivity contribution in [3.05, 3.63) is 62.8 Å². The van der Waals surface area contributed by atoms with Gasteiger partial charge in [0.1, 0.15) is 11.6 Å². The molecule has 0 aliphatic carbocycles. The van der Waals surface area contributed by atoms with Crippen LogP contribution in [0.2, 0.25) is 5.02 Å². The maximum absolute atomic E-state index is 13.0. The lowest BCUT2D eigenvalue weighted by Crippen LogP contribution is -1.97. The van der Waals surface area contributed by atoms with Crippen molar-refractivity contribution in [2.24, 2.45) is 0 Å². The maximum atomic E-state index is 13.0. The monoisotopic (exact) mass is 362 g/mol. The third-order valence-electron chi connectivity index (χ3n) is 2.72. The lowest BCUT2D eigenvalue weighted by molar-refractivity contribution is 0.414. The topological polar surface area (TPSA) is 9.23 Å². The van der Waals surface area contributed by atoms with Crippen molar-refractivity contribution in [3.63, 3.8) is 0 Å². The SMILES string of the molecule is COc1ccc(C(Cl)c2ccc(F)cc2Cl)c(Br)c1. The summed E-state index contributed by atoms with van der Waals surface area (Å²) in [6.45, 7) is 0. The van der Waals surface area contributed by atoms with Gasteiger partial charge in [-0.15, -0.1) is 11.6 Å². The van der Waals surface area contributed by atoms with E-state index in [1.807, 2.05) is 18.2 Å². The molecule has 0 amide bonds. The summed E-state index contributed by atoms with van der Waals surface area (Å²) in [7, 11) is 1.59. The molecule has 0 aromatic heterocycles. The van der Waals surface area contributed by atoms with Crippen LogP contribution < -0.4 is 4.74 Å². The summed E-state index contributed by atoms with van der Waals surface area (Å²) in [5.74, 6) is 0.344. The molecule has 100 valence electrons. The van der Waals surface area contributed by atoms with Crippen molar-refractivity contribution in [2.75, 3.05) is 7.11 Å². The molecule has 0 saturated carbocycles. The van der Waals surface area contributed by atoms with Gasteiger partial charge in [0.2, 0.25) is 0 Å². The molecule has 19 heavy (non-hydrogen) atoms. The molecule has 1 nitrogen and oxygen atoms in total. The lowest BCUT2D eigenvalue weighted by Gasteiger charge is -2.14. The Hall–Kier alpha value is -0.770. The van der Waals surface area contributed by atoms with Crippen molar-refractivity contribution in [2.45, 2.75) is 5.38 Å². The largest absolute Gasteiger partial charge is 0.497 e. The predicted molar refractivity (Wildman–Crippen MR) is 79.8 cm³/mol. The Labute approximate surface area is 129 Å². The van der Waals surface area contributed by atoms with E-state index in [0.717, 1.165) is 15.8 Å². The molecule has 1 unspecified atom stereocenters. The molecule has 2 aromatic carbocycles. The third kappa shape index (κ3) is 3.22. The molecule has 0 N–H and O–H groups in total. The van der Waals surface area contributed by atoms with Gasteiger partial charge in [-0.25, -0.2) is 4.39 Å². The standard InChI is InChI=1S/C14H10BrCl2FO/c1-19-9-3-5-10(12(15)7-9)14(17)11-4-2-8(18)6-13(11)16/h2-7,14H,1H3. The number of hydrogen-bond donors (Lipinski definition) is 0. The third-order valence-corrected chi connectivity index (χ3v) is 4.20. The Morgan fingerprint density at radius 3 is 2.42 bits per heavy atom. The molecule has 0 aliphatic rings. The highest BCUT2D eigenvalue weighted by molar-refractivity contribution is 9.10. The van der Waals surface area contributed by atoms with Crippen LogP contribution in [0.4, 0.5) is 4.39 Å². The molecule has 2 rings (SSSR count). The highest BCUT2D eigenvalue weighted by atomic mass is 79.9. The van der Waals surface area contributed by atoms with Crippen LogP contribution in [0.5, 0.6) is 5.75 Å². The Morgan fingerprint density at radius 1 is 1.16 bits per heavy atom. The first-order chi connectivity index (χ1) is 9.02. The Kier molecular flexibility index (Phi) is 4.71. The normalized spacial score (nSPS) is 12.3. The van der Waals surface area contributed by atoms with E-state index >= 15 is 0 Å². The van der Waals surface area contributed by atoms with Gasteiger partial charge in [-0.2, -0.15) is 0 Å². The molecular weight excluding hydrogens is 354 g/mol. The minimum absolute atomic E-state index is 0.308. The van der Waals surface area contributed by atoms with E-state index in [1.165, 1.54) is 12.1 Å². The second-order valence-electron chi connectivity index (χ2n) is 3.92. The first-order valence-electron chi connectivity index (χ1n) is 5.45. The maximum Gasteiger partial charge on any atom is 0.124 e. The highest BCUT2D eigenvalue weighted by Gasteiger charge is 2.17. The van der Waals surface area contributed by atoms with Crippen LogP contribution in [-0.2, 0) is 0 Å². The smallest absolute Gasteiger partial charge is 0.124 e. The molecule has 0 spiro atoms. The van der Waals surface area contributed by atoms with E-state index in [0.29, 0.717) is 10.6 Å². The fraction of sp³-hybridized carbons (Fsp3) is 0.143. The van der Waals surface area contributed by atoms with Crippen LogP contribution in [-0.4, -0.2) is 7.11 Å².